The third-order valence-corrected chi connectivity index (χ3v) is 6.95. The Labute approximate surface area is 171 Å². The first-order valence-corrected chi connectivity index (χ1v) is 12.7. The quantitative estimate of drug-likeness (QED) is 0.160. The minimum absolute atomic E-state index is 0.182. The molecular weight excluding hydrogens is 370 g/mol. The maximum atomic E-state index is 12.3. The van der Waals surface area contributed by atoms with Crippen LogP contribution in [-0.4, -0.2) is 20.3 Å². The SMILES string of the molecule is CCCCCCCCCCCCCCCCS(=O)(=O)c1ccc(N=C=O)cc1. The van der Waals surface area contributed by atoms with Crippen molar-refractivity contribution in [1.29, 1.82) is 0 Å². The Morgan fingerprint density at radius 1 is 0.714 bits per heavy atom. The van der Waals surface area contributed by atoms with Crippen molar-refractivity contribution >= 4 is 21.6 Å². The molecule has 0 unspecified atom stereocenters. The summed E-state index contributed by atoms with van der Waals surface area (Å²) in [5.41, 5.74) is 0.422. The zero-order chi connectivity index (χ0) is 20.5. The molecule has 1 aromatic rings. The molecule has 0 fully saturated rings. The van der Waals surface area contributed by atoms with Gasteiger partial charge in [-0.2, -0.15) is 4.99 Å². The van der Waals surface area contributed by atoms with E-state index in [-0.39, 0.29) is 5.75 Å². The fraction of sp³-hybridized carbons (Fsp3) is 0.696. The highest BCUT2D eigenvalue weighted by Gasteiger charge is 2.13. The Hall–Kier alpha value is -1.45. The van der Waals surface area contributed by atoms with Crippen LogP contribution in [0.15, 0.2) is 34.2 Å². The van der Waals surface area contributed by atoms with Crippen molar-refractivity contribution in [3.05, 3.63) is 24.3 Å². The zero-order valence-electron chi connectivity index (χ0n) is 17.5. The number of sulfone groups is 1. The van der Waals surface area contributed by atoms with Gasteiger partial charge in [-0.05, 0) is 30.7 Å². The average Bonchev–Trinajstić information content (AvgIpc) is 2.69. The summed E-state index contributed by atoms with van der Waals surface area (Å²) in [7, 11) is -3.25. The second-order valence-electron chi connectivity index (χ2n) is 7.61. The number of unbranched alkanes of at least 4 members (excludes halogenated alkanes) is 13. The first-order valence-electron chi connectivity index (χ1n) is 11.0. The van der Waals surface area contributed by atoms with Crippen molar-refractivity contribution < 1.29 is 13.2 Å². The van der Waals surface area contributed by atoms with Gasteiger partial charge in [-0.3, -0.25) is 0 Å². The largest absolute Gasteiger partial charge is 0.240 e. The third-order valence-electron chi connectivity index (χ3n) is 5.14. The Bertz CT molecular complexity index is 662. The van der Waals surface area contributed by atoms with Crippen LogP contribution < -0.4 is 0 Å². The molecule has 0 aliphatic rings. The third kappa shape index (κ3) is 11.4. The summed E-state index contributed by atoms with van der Waals surface area (Å²) in [6, 6.07) is 6.08. The topological polar surface area (TPSA) is 63.6 Å². The highest BCUT2D eigenvalue weighted by Crippen LogP contribution is 2.19. The molecule has 0 N–H and O–H groups in total. The van der Waals surface area contributed by atoms with Crippen LogP contribution in [0.25, 0.3) is 0 Å². The molecule has 0 aliphatic heterocycles. The van der Waals surface area contributed by atoms with Crippen LogP contribution in [0.4, 0.5) is 5.69 Å². The minimum atomic E-state index is -3.25. The summed E-state index contributed by atoms with van der Waals surface area (Å²) in [5.74, 6) is 0.182. The van der Waals surface area contributed by atoms with Crippen molar-refractivity contribution in [2.24, 2.45) is 4.99 Å². The molecule has 158 valence electrons. The van der Waals surface area contributed by atoms with Gasteiger partial charge in [0.1, 0.15) is 0 Å². The molecule has 0 radical (unpaired) electrons. The van der Waals surface area contributed by atoms with Crippen LogP contribution in [0.3, 0.4) is 0 Å². The Balaban J connectivity index is 2.02. The molecule has 0 saturated carbocycles. The maximum Gasteiger partial charge on any atom is 0.240 e. The van der Waals surface area contributed by atoms with E-state index in [4.69, 9.17) is 0 Å². The van der Waals surface area contributed by atoms with E-state index in [9.17, 15) is 13.2 Å². The minimum Gasteiger partial charge on any atom is -0.224 e. The van der Waals surface area contributed by atoms with Crippen molar-refractivity contribution in [2.75, 3.05) is 5.75 Å². The predicted octanol–water partition coefficient (Wildman–Crippen LogP) is 6.91. The molecule has 0 heterocycles. The van der Waals surface area contributed by atoms with Gasteiger partial charge in [-0.25, -0.2) is 13.2 Å². The Kier molecular flexibility index (Phi) is 13.6. The summed E-state index contributed by atoms with van der Waals surface area (Å²) in [4.78, 5) is 14.0. The molecule has 0 saturated heterocycles. The van der Waals surface area contributed by atoms with Gasteiger partial charge in [0, 0.05) is 0 Å². The molecular formula is C23H37NO3S. The second kappa shape index (κ2) is 15.5. The number of benzene rings is 1. The van der Waals surface area contributed by atoms with E-state index in [1.54, 1.807) is 0 Å². The van der Waals surface area contributed by atoms with Gasteiger partial charge < -0.3 is 0 Å². The monoisotopic (exact) mass is 407 g/mol. The van der Waals surface area contributed by atoms with Crippen molar-refractivity contribution in [3.63, 3.8) is 0 Å². The number of nitrogens with zero attached hydrogens (tertiary/aromatic N) is 1. The molecule has 0 aromatic heterocycles. The van der Waals surface area contributed by atoms with E-state index in [1.807, 2.05) is 0 Å². The Morgan fingerprint density at radius 3 is 1.57 bits per heavy atom. The maximum absolute atomic E-state index is 12.3. The number of hydrogen-bond acceptors (Lipinski definition) is 4. The lowest BCUT2D eigenvalue weighted by molar-refractivity contribution is 0.537. The average molecular weight is 408 g/mol. The van der Waals surface area contributed by atoms with Gasteiger partial charge in [-0.1, -0.05) is 90.4 Å². The molecule has 1 aromatic carbocycles. The smallest absolute Gasteiger partial charge is 0.224 e. The van der Waals surface area contributed by atoms with Gasteiger partial charge in [-0.15, -0.1) is 0 Å². The fourth-order valence-corrected chi connectivity index (χ4v) is 4.76. The lowest BCUT2D eigenvalue weighted by Gasteiger charge is -2.05. The number of rotatable bonds is 17. The van der Waals surface area contributed by atoms with Crippen LogP contribution in [0, 0.1) is 0 Å². The summed E-state index contributed by atoms with van der Waals surface area (Å²) in [6.07, 6.45) is 19.0. The van der Waals surface area contributed by atoms with Crippen molar-refractivity contribution in [3.8, 4) is 0 Å². The molecule has 28 heavy (non-hydrogen) atoms. The highest BCUT2D eigenvalue weighted by molar-refractivity contribution is 7.91. The van der Waals surface area contributed by atoms with Gasteiger partial charge in [0.25, 0.3) is 0 Å². The number of carbonyl (C=O) groups excluding carboxylic acids is 1. The van der Waals surface area contributed by atoms with Gasteiger partial charge in [0.2, 0.25) is 6.08 Å². The first kappa shape index (κ1) is 24.6. The van der Waals surface area contributed by atoms with E-state index in [2.05, 4.69) is 11.9 Å². The Morgan fingerprint density at radius 2 is 1.14 bits per heavy atom. The zero-order valence-corrected chi connectivity index (χ0v) is 18.3. The molecule has 0 bridgehead atoms. The highest BCUT2D eigenvalue weighted by atomic mass is 32.2. The van der Waals surface area contributed by atoms with Crippen LogP contribution in [0.5, 0.6) is 0 Å². The predicted molar refractivity (Wildman–Crippen MR) is 117 cm³/mol. The lowest BCUT2D eigenvalue weighted by atomic mass is 10.0. The molecule has 0 spiro atoms. The summed E-state index contributed by atoms with van der Waals surface area (Å²) in [5, 5.41) is 0. The lowest BCUT2D eigenvalue weighted by Crippen LogP contribution is -2.06. The molecule has 0 atom stereocenters. The first-order chi connectivity index (χ1) is 13.6. The summed E-state index contributed by atoms with van der Waals surface area (Å²) in [6.45, 7) is 2.26. The van der Waals surface area contributed by atoms with E-state index in [0.717, 1.165) is 12.8 Å². The van der Waals surface area contributed by atoms with Crippen LogP contribution in [0.1, 0.15) is 96.8 Å². The van der Waals surface area contributed by atoms with E-state index >= 15 is 0 Å². The van der Waals surface area contributed by atoms with E-state index in [1.165, 1.54) is 101 Å². The summed E-state index contributed by atoms with van der Waals surface area (Å²) >= 11 is 0. The molecule has 1 rings (SSSR count). The normalized spacial score (nSPS) is 11.3. The standard InChI is InChI=1S/C23H37NO3S/c1-2-3-4-5-6-7-8-9-10-11-12-13-14-15-20-28(26,27)23-18-16-22(17-19-23)24-21-25/h16-19H,2-15,20H2,1H3. The van der Waals surface area contributed by atoms with E-state index in [0.29, 0.717) is 17.0 Å². The summed E-state index contributed by atoms with van der Waals surface area (Å²) < 4.78 is 24.6. The van der Waals surface area contributed by atoms with Gasteiger partial charge in [0.05, 0.1) is 16.3 Å². The van der Waals surface area contributed by atoms with Crippen LogP contribution in [-0.2, 0) is 14.6 Å². The van der Waals surface area contributed by atoms with Crippen molar-refractivity contribution in [2.45, 2.75) is 102 Å². The molecule has 4 nitrogen and oxygen atoms in total. The number of hydrogen-bond donors (Lipinski definition) is 0. The van der Waals surface area contributed by atoms with Crippen molar-refractivity contribution in [1.82, 2.24) is 0 Å². The number of isocyanates is 1. The molecule has 0 aliphatic carbocycles. The van der Waals surface area contributed by atoms with Gasteiger partial charge >= 0.3 is 0 Å². The molecule has 0 amide bonds. The van der Waals surface area contributed by atoms with E-state index < -0.39 is 9.84 Å². The second-order valence-corrected chi connectivity index (χ2v) is 9.72. The fourth-order valence-electron chi connectivity index (χ4n) is 3.39. The molecule has 5 heteroatoms. The van der Waals surface area contributed by atoms with Gasteiger partial charge in [0.15, 0.2) is 9.84 Å². The van der Waals surface area contributed by atoms with Crippen LogP contribution in [0.2, 0.25) is 0 Å². The number of aliphatic imine (C=N–C) groups is 1. The van der Waals surface area contributed by atoms with Crippen LogP contribution >= 0.6 is 0 Å².